The average Bonchev–Trinajstić information content (AvgIpc) is 1.83. The van der Waals surface area contributed by atoms with E-state index in [1.54, 1.807) is 0 Å². The van der Waals surface area contributed by atoms with E-state index in [0.29, 0.717) is 0 Å². The van der Waals surface area contributed by atoms with E-state index in [4.69, 9.17) is 34.3 Å². The smallest absolute Gasteiger partial charge is 0 e. The molecule has 134 valence electrons. The Hall–Kier alpha value is 2.66. The Bertz CT molecular complexity index is 558. The first-order valence-electron chi connectivity index (χ1n) is 3.77. The molecule has 0 amide bonds. The third-order valence-electron chi connectivity index (χ3n) is 0.832. The first-order chi connectivity index (χ1) is 8.83. The summed E-state index contributed by atoms with van der Waals surface area (Å²) in [5.41, 5.74) is 0. The standard InChI is InChI=1S/Li.Nd.H7O16P5.H/c;;1-17(2,3)13-19(7,8)15-21(11,12)16-20(9,10)14-18(4,5)6;/h;;(H,7,8)(H,9,10)(H,11,12)(H2,1,2,3)(H2,4,5,6);. The molecule has 16 nitrogen and oxygen atoms in total. The third-order valence-corrected chi connectivity index (χ3v) is 7.49. The van der Waals surface area contributed by atoms with Crippen molar-refractivity contribution in [2.24, 2.45) is 0 Å². The van der Waals surface area contributed by atoms with E-state index in [0.717, 1.165) is 0 Å². The predicted octanol–water partition coefficient (Wildman–Crippen LogP) is -1.11. The zero-order chi connectivity index (χ0) is 17.3. The van der Waals surface area contributed by atoms with Crippen LogP contribution in [-0.4, -0.2) is 53.1 Å². The van der Waals surface area contributed by atoms with Gasteiger partial charge in [0.05, 0.1) is 0 Å². The molecule has 0 aromatic rings. The molecule has 23 heteroatoms. The van der Waals surface area contributed by atoms with Crippen molar-refractivity contribution in [1.29, 1.82) is 0 Å². The topological polar surface area (TPSA) is 264 Å². The molecule has 0 bridgehead atoms. The molecule has 0 spiro atoms. The third kappa shape index (κ3) is 17.8. The van der Waals surface area contributed by atoms with Gasteiger partial charge in [0.2, 0.25) is 0 Å². The fourth-order valence-electron chi connectivity index (χ4n) is 0.574. The van der Waals surface area contributed by atoms with Gasteiger partial charge in [0.25, 0.3) is 0 Å². The van der Waals surface area contributed by atoms with Crippen LogP contribution in [-0.2, 0) is 40.1 Å². The molecule has 0 aliphatic rings. The molecule has 0 saturated heterocycles. The van der Waals surface area contributed by atoms with Crippen LogP contribution < -0.4 is 0 Å². The molecule has 0 saturated carbocycles. The fraction of sp³-hybridized carbons (Fsp3) is 0. The molecule has 0 fully saturated rings. The zero-order valence-corrected chi connectivity index (χ0v) is 17.2. The molecule has 0 aliphatic carbocycles. The normalized spacial score (nSPS) is 20.1. The minimum absolute atomic E-state index is 0. The summed E-state index contributed by atoms with van der Waals surface area (Å²) in [4.78, 5) is 58.7. The predicted molar refractivity (Wildman–Crippen MR) is 65.1 cm³/mol. The van der Waals surface area contributed by atoms with Crippen LogP contribution in [0.5, 0.6) is 0 Å². The second kappa shape index (κ2) is 10.3. The van der Waals surface area contributed by atoms with Crippen LogP contribution in [0.4, 0.5) is 0 Å². The Morgan fingerprint density at radius 1 is 0.478 bits per heavy atom. The monoisotopic (exact) mass is 568 g/mol. The van der Waals surface area contributed by atoms with Gasteiger partial charge in [-0.1, -0.05) is 0 Å². The quantitative estimate of drug-likeness (QED) is 0.135. The van der Waals surface area contributed by atoms with Crippen LogP contribution in [0.2, 0.25) is 0 Å². The zero-order valence-electron chi connectivity index (χ0n) is 9.54. The molecule has 0 heterocycles. The van der Waals surface area contributed by atoms with Gasteiger partial charge in [0.15, 0.2) is 0 Å². The van der Waals surface area contributed by atoms with Gasteiger partial charge in [-0.05, 0) is 0 Å². The largest absolute Gasteiger partial charge is 0 e. The maximum atomic E-state index is 11.0. The van der Waals surface area contributed by atoms with E-state index >= 15 is 0 Å². The van der Waals surface area contributed by atoms with Crippen molar-refractivity contribution in [3.8, 4) is 0 Å². The van der Waals surface area contributed by atoms with Crippen LogP contribution in [0.1, 0.15) is 0 Å². The SMILES string of the molecule is O=P(O)(O)OP(=O)(O)OP(=O)(O)OP(=O)(O)OP(=O)(O)O.[LiH].[Nd]. The second-order valence-corrected chi connectivity index (χ2v) is 10.1. The van der Waals surface area contributed by atoms with Crippen molar-refractivity contribution in [2.75, 3.05) is 0 Å². The minimum Gasteiger partial charge on any atom is 0 e. The van der Waals surface area contributed by atoms with Crippen LogP contribution in [0.15, 0.2) is 0 Å². The summed E-state index contributed by atoms with van der Waals surface area (Å²) in [5.74, 6) is 0. The average molecular weight is 570 g/mol. The van der Waals surface area contributed by atoms with E-state index in [9.17, 15) is 22.8 Å². The second-order valence-electron chi connectivity index (χ2n) is 2.71. The van der Waals surface area contributed by atoms with E-state index in [2.05, 4.69) is 17.2 Å². The maximum absolute atomic E-state index is 11.0. The van der Waals surface area contributed by atoms with E-state index in [1.807, 2.05) is 0 Å². The first-order valence-corrected chi connectivity index (χ1v) is 11.3. The van der Waals surface area contributed by atoms with Crippen molar-refractivity contribution >= 4 is 58.0 Å². The number of hydrogen-bond donors (Lipinski definition) is 7. The van der Waals surface area contributed by atoms with E-state index < -0.39 is 39.1 Å². The van der Waals surface area contributed by atoms with Crippen molar-refractivity contribution in [3.63, 3.8) is 0 Å². The number of rotatable bonds is 8. The molecular formula is H8LiNdO16P5. The Kier molecular flexibility index (Phi) is 13.6. The van der Waals surface area contributed by atoms with Crippen LogP contribution in [0.25, 0.3) is 0 Å². The molecule has 23 heavy (non-hydrogen) atoms. The number of hydrogen-bond acceptors (Lipinski definition) is 9. The van der Waals surface area contributed by atoms with Crippen molar-refractivity contribution in [2.45, 2.75) is 0 Å². The van der Waals surface area contributed by atoms with Gasteiger partial charge < -0.3 is 34.3 Å². The van der Waals surface area contributed by atoms with Gasteiger partial charge in [-0.3, -0.25) is 0 Å². The van der Waals surface area contributed by atoms with Gasteiger partial charge in [-0.2, -0.15) is 17.2 Å². The molecular weight excluding hydrogens is 562 g/mol. The minimum atomic E-state index is -6.07. The first kappa shape index (κ1) is 30.4. The molecule has 7 N–H and O–H groups in total. The molecule has 0 radical (unpaired) electrons. The Labute approximate surface area is 171 Å². The summed E-state index contributed by atoms with van der Waals surface area (Å²) >= 11 is 0. The Morgan fingerprint density at radius 2 is 0.652 bits per heavy atom. The van der Waals surface area contributed by atoms with Gasteiger partial charge in [-0.15, -0.1) is 0 Å². The van der Waals surface area contributed by atoms with Gasteiger partial charge in [0.1, 0.15) is 0 Å². The van der Waals surface area contributed by atoms with Gasteiger partial charge in [-0.25, -0.2) is 22.8 Å². The molecule has 0 aromatic heterocycles. The Morgan fingerprint density at radius 3 is 0.826 bits per heavy atom. The maximum Gasteiger partial charge on any atom is 0 e. The van der Waals surface area contributed by atoms with E-state index in [-0.39, 0.29) is 59.7 Å². The van der Waals surface area contributed by atoms with Crippen molar-refractivity contribution < 1.29 is 115 Å². The summed E-state index contributed by atoms with van der Waals surface area (Å²) in [5, 5.41) is 0. The molecule has 2 unspecified atom stereocenters. The molecule has 0 aromatic carbocycles. The summed E-state index contributed by atoms with van der Waals surface area (Å²) in [6.45, 7) is 0. The summed E-state index contributed by atoms with van der Waals surface area (Å²) in [6, 6.07) is 0. The van der Waals surface area contributed by atoms with Crippen LogP contribution in [0, 0.1) is 40.8 Å². The fourth-order valence-corrected chi connectivity index (χ4v) is 5.97. The van der Waals surface area contributed by atoms with Gasteiger partial charge in [0, 0.05) is 40.8 Å². The number of phosphoric acid groups is 5. The molecule has 0 aliphatic heterocycles. The Balaban J connectivity index is -0.00000200. The molecule has 2 atom stereocenters. The summed E-state index contributed by atoms with van der Waals surface area (Å²) < 4.78 is 65.6. The van der Waals surface area contributed by atoms with Crippen LogP contribution >= 0.6 is 39.1 Å². The van der Waals surface area contributed by atoms with Crippen molar-refractivity contribution in [1.82, 2.24) is 0 Å². The van der Waals surface area contributed by atoms with Crippen molar-refractivity contribution in [3.05, 3.63) is 0 Å². The van der Waals surface area contributed by atoms with E-state index in [1.165, 1.54) is 0 Å². The summed E-state index contributed by atoms with van der Waals surface area (Å²) in [6.07, 6.45) is 0. The van der Waals surface area contributed by atoms with Gasteiger partial charge >= 0.3 is 58.0 Å². The van der Waals surface area contributed by atoms with Crippen LogP contribution in [0.3, 0.4) is 0 Å². The molecule has 0 rings (SSSR count). The summed E-state index contributed by atoms with van der Waals surface area (Å²) in [7, 11) is -29.3.